The van der Waals surface area contributed by atoms with Crippen molar-refractivity contribution in [3.63, 3.8) is 0 Å². The molecule has 0 saturated carbocycles. The van der Waals surface area contributed by atoms with Crippen molar-refractivity contribution in [1.82, 2.24) is 24.9 Å². The summed E-state index contributed by atoms with van der Waals surface area (Å²) < 4.78 is 0. The van der Waals surface area contributed by atoms with E-state index in [2.05, 4.69) is 40.5 Å². The Kier molecular flexibility index (Phi) is 3.86. The van der Waals surface area contributed by atoms with Crippen molar-refractivity contribution in [2.45, 2.75) is 18.9 Å². The van der Waals surface area contributed by atoms with Crippen LogP contribution in [-0.4, -0.2) is 51.1 Å². The van der Waals surface area contributed by atoms with E-state index in [4.69, 9.17) is 0 Å². The number of anilines is 3. The normalized spacial score (nSPS) is 17.4. The molecule has 1 saturated heterocycles. The van der Waals surface area contributed by atoms with Crippen molar-refractivity contribution in [2.75, 3.05) is 35.7 Å². The van der Waals surface area contributed by atoms with Crippen molar-refractivity contribution < 1.29 is 0 Å². The summed E-state index contributed by atoms with van der Waals surface area (Å²) in [5.41, 5.74) is 0.852. The van der Waals surface area contributed by atoms with Crippen LogP contribution in [0.2, 0.25) is 0 Å². The summed E-state index contributed by atoms with van der Waals surface area (Å²) in [6, 6.07) is 4.37. The van der Waals surface area contributed by atoms with Gasteiger partial charge >= 0.3 is 0 Å². The molecule has 0 aromatic carbocycles. The molecule has 0 radical (unpaired) electrons. The van der Waals surface area contributed by atoms with E-state index in [-0.39, 0.29) is 0 Å². The predicted octanol–water partition coefficient (Wildman–Crippen LogP) is 1.87. The zero-order valence-corrected chi connectivity index (χ0v) is 13.5. The molecule has 3 aromatic heterocycles. The van der Waals surface area contributed by atoms with Crippen LogP contribution < -0.4 is 15.5 Å². The third-order valence-corrected chi connectivity index (χ3v) is 4.44. The van der Waals surface area contributed by atoms with Crippen molar-refractivity contribution in [2.24, 2.45) is 0 Å². The van der Waals surface area contributed by atoms with Crippen LogP contribution in [0.4, 0.5) is 17.5 Å². The van der Waals surface area contributed by atoms with Gasteiger partial charge in [0.2, 0.25) is 0 Å². The lowest BCUT2D eigenvalue weighted by molar-refractivity contribution is 0.689. The summed E-state index contributed by atoms with van der Waals surface area (Å²) in [6.07, 6.45) is 7.36. The molecular formula is C16H20N8. The molecular weight excluding hydrogens is 304 g/mol. The van der Waals surface area contributed by atoms with Crippen molar-refractivity contribution >= 4 is 28.5 Å². The molecule has 3 N–H and O–H groups in total. The Hall–Kier alpha value is -2.90. The van der Waals surface area contributed by atoms with Gasteiger partial charge in [0.1, 0.15) is 35.8 Å². The number of hydrogen-bond donors (Lipinski definition) is 3. The molecule has 3 aromatic rings. The third-order valence-electron chi connectivity index (χ3n) is 4.44. The predicted molar refractivity (Wildman–Crippen MR) is 94.3 cm³/mol. The van der Waals surface area contributed by atoms with E-state index < -0.39 is 0 Å². The summed E-state index contributed by atoms with van der Waals surface area (Å²) in [4.78, 5) is 22.7. The maximum Gasteiger partial charge on any atom is 0.142 e. The van der Waals surface area contributed by atoms with Gasteiger partial charge in [-0.25, -0.2) is 19.9 Å². The lowest BCUT2D eigenvalue weighted by atomic mass is 10.2. The molecule has 8 heteroatoms. The second-order valence-corrected chi connectivity index (χ2v) is 5.84. The number of nitrogens with zero attached hydrogens (tertiary/aromatic N) is 5. The lowest BCUT2D eigenvalue weighted by Crippen LogP contribution is -2.35. The van der Waals surface area contributed by atoms with E-state index in [0.29, 0.717) is 6.04 Å². The highest BCUT2D eigenvalue weighted by Gasteiger charge is 2.26. The second kappa shape index (κ2) is 6.31. The first-order valence-electron chi connectivity index (χ1n) is 8.13. The van der Waals surface area contributed by atoms with Crippen LogP contribution in [0.15, 0.2) is 31.0 Å². The first-order valence-corrected chi connectivity index (χ1v) is 8.13. The van der Waals surface area contributed by atoms with Gasteiger partial charge in [-0.05, 0) is 18.9 Å². The summed E-state index contributed by atoms with van der Waals surface area (Å²) in [5, 5.41) is 7.55. The first-order chi connectivity index (χ1) is 11.8. The van der Waals surface area contributed by atoms with Gasteiger partial charge in [0.05, 0.1) is 5.39 Å². The SMILES string of the molecule is CNc1cc(N2CCC[C@@H]2CNc2ncnc3[nH]ccc23)ncn1. The van der Waals surface area contributed by atoms with E-state index in [1.807, 2.05) is 25.4 Å². The van der Waals surface area contributed by atoms with Gasteiger partial charge < -0.3 is 20.5 Å². The Balaban J connectivity index is 1.50. The molecule has 1 fully saturated rings. The fourth-order valence-corrected chi connectivity index (χ4v) is 3.22. The van der Waals surface area contributed by atoms with Gasteiger partial charge in [-0.15, -0.1) is 0 Å². The molecule has 1 aliphatic rings. The molecule has 1 aliphatic heterocycles. The monoisotopic (exact) mass is 324 g/mol. The smallest absolute Gasteiger partial charge is 0.142 e. The molecule has 0 amide bonds. The van der Waals surface area contributed by atoms with Crippen LogP contribution in [0.1, 0.15) is 12.8 Å². The van der Waals surface area contributed by atoms with Crippen LogP contribution >= 0.6 is 0 Å². The fourth-order valence-electron chi connectivity index (χ4n) is 3.22. The standard InChI is InChI=1S/C16H20N8/c1-17-13-7-14(21-9-20-13)24-6-2-3-11(24)8-19-16-12-4-5-18-15(12)22-10-23-16/h4-5,7,9-11H,2-3,6,8H2,1H3,(H,17,20,21)(H2,18,19,22,23)/t11-/m1/s1. The molecule has 4 heterocycles. The maximum atomic E-state index is 4.43. The maximum absolute atomic E-state index is 4.43. The fraction of sp³-hybridized carbons (Fsp3) is 0.375. The van der Waals surface area contributed by atoms with Crippen molar-refractivity contribution in [3.05, 3.63) is 31.0 Å². The van der Waals surface area contributed by atoms with Crippen LogP contribution in [0.25, 0.3) is 11.0 Å². The Morgan fingerprint density at radius 2 is 2.17 bits per heavy atom. The van der Waals surface area contributed by atoms with Gasteiger partial charge in [-0.3, -0.25) is 0 Å². The van der Waals surface area contributed by atoms with E-state index in [1.54, 1.807) is 12.7 Å². The largest absolute Gasteiger partial charge is 0.373 e. The first kappa shape index (κ1) is 14.7. The Morgan fingerprint density at radius 1 is 1.25 bits per heavy atom. The van der Waals surface area contributed by atoms with Crippen molar-refractivity contribution in [1.29, 1.82) is 0 Å². The van der Waals surface area contributed by atoms with Gasteiger partial charge in [-0.2, -0.15) is 0 Å². The van der Waals surface area contributed by atoms with Crippen LogP contribution in [0, 0.1) is 0 Å². The molecule has 0 bridgehead atoms. The van der Waals surface area contributed by atoms with Crippen LogP contribution in [0.3, 0.4) is 0 Å². The lowest BCUT2D eigenvalue weighted by Gasteiger charge is -2.26. The van der Waals surface area contributed by atoms with Gasteiger partial charge in [0, 0.05) is 38.4 Å². The van der Waals surface area contributed by atoms with Gasteiger partial charge in [0.25, 0.3) is 0 Å². The molecule has 0 unspecified atom stereocenters. The highest BCUT2D eigenvalue weighted by molar-refractivity contribution is 5.86. The number of fused-ring (bicyclic) bond motifs is 1. The summed E-state index contributed by atoms with van der Waals surface area (Å²) >= 11 is 0. The third kappa shape index (κ3) is 2.70. The average molecular weight is 324 g/mol. The minimum absolute atomic E-state index is 0.383. The topological polar surface area (TPSA) is 94.7 Å². The minimum atomic E-state index is 0.383. The number of aromatic amines is 1. The van der Waals surface area contributed by atoms with Crippen LogP contribution in [-0.2, 0) is 0 Å². The Bertz CT molecular complexity index is 830. The number of aromatic nitrogens is 5. The molecule has 0 spiro atoms. The highest BCUT2D eigenvalue weighted by atomic mass is 15.3. The summed E-state index contributed by atoms with van der Waals surface area (Å²) in [6.45, 7) is 1.83. The molecule has 8 nitrogen and oxygen atoms in total. The Labute approximate surface area is 139 Å². The Morgan fingerprint density at radius 3 is 3.08 bits per heavy atom. The quantitative estimate of drug-likeness (QED) is 0.659. The molecule has 4 rings (SSSR count). The van der Waals surface area contributed by atoms with E-state index >= 15 is 0 Å². The molecule has 0 aliphatic carbocycles. The van der Waals surface area contributed by atoms with E-state index in [1.165, 1.54) is 0 Å². The van der Waals surface area contributed by atoms with Gasteiger partial charge in [-0.1, -0.05) is 0 Å². The second-order valence-electron chi connectivity index (χ2n) is 5.84. The summed E-state index contributed by atoms with van der Waals surface area (Å²) in [7, 11) is 1.87. The van der Waals surface area contributed by atoms with Crippen LogP contribution in [0.5, 0.6) is 0 Å². The van der Waals surface area contributed by atoms with Gasteiger partial charge in [0.15, 0.2) is 0 Å². The van der Waals surface area contributed by atoms with E-state index in [9.17, 15) is 0 Å². The number of hydrogen-bond acceptors (Lipinski definition) is 7. The number of H-pyrrole nitrogens is 1. The summed E-state index contributed by atoms with van der Waals surface area (Å²) in [5.74, 6) is 2.67. The molecule has 24 heavy (non-hydrogen) atoms. The number of rotatable bonds is 5. The zero-order valence-electron chi connectivity index (χ0n) is 13.5. The highest BCUT2D eigenvalue weighted by Crippen LogP contribution is 2.26. The zero-order chi connectivity index (χ0) is 16.4. The van der Waals surface area contributed by atoms with E-state index in [0.717, 1.165) is 54.4 Å². The minimum Gasteiger partial charge on any atom is -0.373 e. The molecule has 124 valence electrons. The number of nitrogens with one attached hydrogen (secondary N) is 3. The van der Waals surface area contributed by atoms with Crippen molar-refractivity contribution in [3.8, 4) is 0 Å². The average Bonchev–Trinajstić information content (AvgIpc) is 3.29. The molecule has 1 atom stereocenters.